The highest BCUT2D eigenvalue weighted by molar-refractivity contribution is 6.00. The van der Waals surface area contributed by atoms with Gasteiger partial charge in [-0.3, -0.25) is 29.0 Å². The molecule has 0 radical (unpaired) electrons. The van der Waals surface area contributed by atoms with Crippen molar-refractivity contribution in [2.24, 2.45) is 0 Å². The summed E-state index contributed by atoms with van der Waals surface area (Å²) in [6, 6.07) is 20.2. The molecule has 2 aromatic rings. The molecule has 2 atom stereocenters. The Morgan fingerprint density at radius 1 is 0.542 bits per heavy atom. The number of hydrogen-bond donors (Lipinski definition) is 2. The Hall–Kier alpha value is -3.52. The number of piperazine rings is 4. The zero-order chi connectivity index (χ0) is 33.7. The van der Waals surface area contributed by atoms with Gasteiger partial charge in [0, 0.05) is 49.4 Å². The monoisotopic (exact) mass is 660 g/mol. The molecule has 0 saturated carbocycles. The van der Waals surface area contributed by atoms with Gasteiger partial charge in [-0.15, -0.1) is 0 Å². The second kappa shape index (κ2) is 14.9. The second-order valence-electron chi connectivity index (χ2n) is 14.4. The van der Waals surface area contributed by atoms with Gasteiger partial charge in [-0.05, 0) is 13.8 Å². The van der Waals surface area contributed by atoms with Gasteiger partial charge >= 0.3 is 0 Å². The van der Waals surface area contributed by atoms with Crippen LogP contribution in [-0.4, -0.2) is 156 Å². The van der Waals surface area contributed by atoms with Gasteiger partial charge in [-0.2, -0.15) is 0 Å². The number of imide groups is 2. The van der Waals surface area contributed by atoms with E-state index in [9.17, 15) is 19.2 Å². The minimum Gasteiger partial charge on any atom is -0.306 e. The van der Waals surface area contributed by atoms with E-state index in [1.54, 1.807) is 0 Å². The third-order valence-electron chi connectivity index (χ3n) is 11.1. The molecule has 0 aromatic heterocycles. The minimum atomic E-state index is -0.205. The molecular formula is C36H52N8O4+2. The molecular weight excluding hydrogens is 608 g/mol. The lowest BCUT2D eigenvalue weighted by atomic mass is 10.1. The smallest absolute Gasteiger partial charge is 0.247 e. The molecule has 0 aliphatic carbocycles. The predicted molar refractivity (Wildman–Crippen MR) is 182 cm³/mol. The molecule has 6 rings (SSSR count). The van der Waals surface area contributed by atoms with Crippen LogP contribution in [0, 0.1) is 0 Å². The number of hydrogen-bond acceptors (Lipinski definition) is 8. The number of benzene rings is 2. The summed E-state index contributed by atoms with van der Waals surface area (Å²) in [5, 5.41) is 6.84. The number of carbonyl (C=O) groups excluding carboxylic acids is 4. The Kier molecular flexibility index (Phi) is 10.7. The van der Waals surface area contributed by atoms with E-state index in [1.807, 2.05) is 60.0 Å². The van der Waals surface area contributed by atoms with Crippen molar-refractivity contribution >= 4 is 23.6 Å². The standard InChI is InChI=1S/C36H52N8O4/c1-29(39-21-33(45)41(34(46)22-39)27-43(17-13-37-14-18-43)25-31-9-5-3-6-10-31)30(2)40-23-35(47)42(36(48)24-40)28-44(19-15-38-16-20-44)26-32-11-7-4-8-12-32/h3-12,29-30,37-38H,13-28H2,1-2H3/q+2. The maximum atomic E-state index is 13.6. The van der Waals surface area contributed by atoms with Gasteiger partial charge in [0.05, 0.1) is 52.4 Å². The molecule has 4 amide bonds. The summed E-state index contributed by atoms with van der Waals surface area (Å²) in [7, 11) is 0. The normalized spacial score (nSPS) is 23.7. The van der Waals surface area contributed by atoms with Gasteiger partial charge in [0.1, 0.15) is 13.1 Å². The van der Waals surface area contributed by atoms with E-state index in [-0.39, 0.29) is 61.9 Å². The van der Waals surface area contributed by atoms with Gasteiger partial charge in [-0.1, -0.05) is 60.7 Å². The third-order valence-corrected chi connectivity index (χ3v) is 11.1. The van der Waals surface area contributed by atoms with Crippen molar-refractivity contribution in [1.82, 2.24) is 30.2 Å². The molecule has 4 saturated heterocycles. The van der Waals surface area contributed by atoms with Crippen molar-refractivity contribution in [2.75, 3.05) is 91.9 Å². The molecule has 2 N–H and O–H groups in total. The first-order chi connectivity index (χ1) is 23.2. The Labute approximate surface area is 284 Å². The van der Waals surface area contributed by atoms with Gasteiger partial charge in [0.15, 0.2) is 13.3 Å². The van der Waals surface area contributed by atoms with Crippen LogP contribution in [0.2, 0.25) is 0 Å². The third kappa shape index (κ3) is 7.85. The van der Waals surface area contributed by atoms with E-state index in [1.165, 1.54) is 20.9 Å². The summed E-state index contributed by atoms with van der Waals surface area (Å²) in [6.07, 6.45) is 0. The zero-order valence-corrected chi connectivity index (χ0v) is 28.6. The number of nitrogens with zero attached hydrogens (tertiary/aromatic N) is 6. The SMILES string of the molecule is CC(C(C)N1CC(=O)N(C[N+]2(Cc3ccccc3)CCNCC2)C(=O)C1)N1CC(=O)N(C[N+]2(Cc3ccccc3)CCNCC2)C(=O)C1. The molecule has 2 aromatic carbocycles. The Morgan fingerprint density at radius 3 is 1.17 bits per heavy atom. The first kappa shape index (κ1) is 34.3. The van der Waals surface area contributed by atoms with Gasteiger partial charge in [0.2, 0.25) is 23.6 Å². The summed E-state index contributed by atoms with van der Waals surface area (Å²) in [5.74, 6) is -0.741. The summed E-state index contributed by atoms with van der Waals surface area (Å²) in [6.45, 7) is 13.6. The maximum Gasteiger partial charge on any atom is 0.247 e. The summed E-state index contributed by atoms with van der Waals surface area (Å²) < 4.78 is 1.33. The van der Waals surface area contributed by atoms with Gasteiger partial charge in [-0.25, -0.2) is 9.80 Å². The van der Waals surface area contributed by atoms with Crippen molar-refractivity contribution in [3.05, 3.63) is 71.8 Å². The minimum absolute atomic E-state index is 0.135. The average Bonchev–Trinajstić information content (AvgIpc) is 3.09. The summed E-state index contributed by atoms with van der Waals surface area (Å²) in [5.41, 5.74) is 2.40. The van der Waals surface area contributed by atoms with Crippen LogP contribution in [0.25, 0.3) is 0 Å². The van der Waals surface area contributed by atoms with E-state index in [2.05, 4.69) is 34.9 Å². The van der Waals surface area contributed by atoms with E-state index in [0.717, 1.165) is 65.4 Å². The van der Waals surface area contributed by atoms with E-state index in [0.29, 0.717) is 22.3 Å². The fourth-order valence-electron chi connectivity index (χ4n) is 7.91. The quantitative estimate of drug-likeness (QED) is 0.262. The van der Waals surface area contributed by atoms with Gasteiger partial charge < -0.3 is 19.6 Å². The molecule has 12 heteroatoms. The Balaban J connectivity index is 1.07. The largest absolute Gasteiger partial charge is 0.306 e. The first-order valence-corrected chi connectivity index (χ1v) is 17.5. The van der Waals surface area contributed by atoms with Crippen molar-refractivity contribution in [3.63, 3.8) is 0 Å². The number of carbonyl (C=O) groups is 4. The second-order valence-corrected chi connectivity index (χ2v) is 14.4. The predicted octanol–water partition coefficient (Wildman–Crippen LogP) is 0.260. The average molecular weight is 661 g/mol. The number of amides is 4. The molecule has 4 aliphatic heterocycles. The van der Waals surface area contributed by atoms with Crippen LogP contribution in [0.4, 0.5) is 0 Å². The summed E-state index contributed by atoms with van der Waals surface area (Å²) >= 11 is 0. The molecule has 2 unspecified atom stereocenters. The first-order valence-electron chi connectivity index (χ1n) is 17.5. The lowest BCUT2D eigenvalue weighted by Gasteiger charge is -2.47. The fraction of sp³-hybridized carbons (Fsp3) is 0.556. The number of nitrogens with one attached hydrogen (secondary N) is 2. The maximum absolute atomic E-state index is 13.6. The van der Waals surface area contributed by atoms with Crippen molar-refractivity contribution in [3.8, 4) is 0 Å². The highest BCUT2D eigenvalue weighted by atomic mass is 16.2. The van der Waals surface area contributed by atoms with Crippen LogP contribution >= 0.6 is 0 Å². The molecule has 12 nitrogen and oxygen atoms in total. The molecule has 48 heavy (non-hydrogen) atoms. The van der Waals surface area contributed by atoms with E-state index < -0.39 is 0 Å². The van der Waals surface area contributed by atoms with E-state index >= 15 is 0 Å². The van der Waals surface area contributed by atoms with Crippen LogP contribution in [0.3, 0.4) is 0 Å². The van der Waals surface area contributed by atoms with E-state index in [4.69, 9.17) is 0 Å². The van der Waals surface area contributed by atoms with Crippen LogP contribution in [0.15, 0.2) is 60.7 Å². The lowest BCUT2D eigenvalue weighted by molar-refractivity contribution is -0.948. The van der Waals surface area contributed by atoms with Crippen molar-refractivity contribution in [2.45, 2.75) is 39.0 Å². The van der Waals surface area contributed by atoms with Crippen LogP contribution in [0.1, 0.15) is 25.0 Å². The Bertz CT molecular complexity index is 1300. The molecule has 0 spiro atoms. The molecule has 4 aliphatic rings. The van der Waals surface area contributed by atoms with Crippen LogP contribution in [-0.2, 0) is 32.3 Å². The van der Waals surface area contributed by atoms with Gasteiger partial charge in [0.25, 0.3) is 0 Å². The molecule has 4 fully saturated rings. The molecule has 0 bridgehead atoms. The number of quaternary nitrogens is 2. The molecule has 4 heterocycles. The lowest BCUT2D eigenvalue weighted by Crippen LogP contribution is -2.68. The molecule has 258 valence electrons. The topological polar surface area (TPSA) is 105 Å². The highest BCUT2D eigenvalue weighted by Gasteiger charge is 2.44. The number of rotatable bonds is 11. The Morgan fingerprint density at radius 2 is 0.854 bits per heavy atom. The van der Waals surface area contributed by atoms with Crippen molar-refractivity contribution in [1.29, 1.82) is 0 Å². The van der Waals surface area contributed by atoms with Crippen LogP contribution in [0.5, 0.6) is 0 Å². The fourth-order valence-corrected chi connectivity index (χ4v) is 7.91. The zero-order valence-electron chi connectivity index (χ0n) is 28.6. The summed E-state index contributed by atoms with van der Waals surface area (Å²) in [4.78, 5) is 61.1. The van der Waals surface area contributed by atoms with Crippen molar-refractivity contribution < 1.29 is 28.1 Å². The van der Waals surface area contributed by atoms with Crippen LogP contribution < -0.4 is 10.6 Å². The highest BCUT2D eigenvalue weighted by Crippen LogP contribution is 2.24.